The maximum atomic E-state index is 12.5. The van der Waals surface area contributed by atoms with Crippen LogP contribution in [0.4, 0.5) is 17.1 Å². The van der Waals surface area contributed by atoms with Crippen LogP contribution in [-0.4, -0.2) is 22.0 Å². The van der Waals surface area contributed by atoms with Crippen molar-refractivity contribution in [2.45, 2.75) is 17.1 Å². The summed E-state index contributed by atoms with van der Waals surface area (Å²) in [7, 11) is 0. The third kappa shape index (κ3) is 6.16. The molecule has 0 aliphatic rings. The molecule has 0 saturated carbocycles. The predicted octanol–water partition coefficient (Wildman–Crippen LogP) is 5.73. The number of anilines is 2. The number of benzene rings is 3. The molecule has 2 N–H and O–H groups in total. The fraction of sp³-hybridized carbons (Fsp3) is 0.0909. The van der Waals surface area contributed by atoms with E-state index in [9.17, 15) is 19.7 Å². The number of nitrogens with one attached hydrogen (secondary N) is 2. The highest BCUT2D eigenvalue weighted by Gasteiger charge is 2.16. The molecular formula is C22H18BrN3O4S. The first-order valence-corrected chi connectivity index (χ1v) is 10.9. The molecule has 0 heterocycles. The molecule has 31 heavy (non-hydrogen) atoms. The number of hydrogen-bond acceptors (Lipinski definition) is 5. The van der Waals surface area contributed by atoms with Gasteiger partial charge in [-0.15, -0.1) is 11.8 Å². The zero-order valence-corrected chi connectivity index (χ0v) is 18.8. The second-order valence-electron chi connectivity index (χ2n) is 6.52. The zero-order chi connectivity index (χ0) is 22.4. The average molecular weight is 500 g/mol. The lowest BCUT2D eigenvalue weighted by atomic mass is 10.2. The molecule has 3 aromatic carbocycles. The van der Waals surface area contributed by atoms with E-state index in [0.29, 0.717) is 16.9 Å². The molecule has 0 bridgehead atoms. The third-order valence-corrected chi connectivity index (χ3v) is 6.03. The molecular weight excluding hydrogens is 482 g/mol. The van der Waals surface area contributed by atoms with Gasteiger partial charge in [0.2, 0.25) is 5.91 Å². The number of rotatable bonds is 7. The molecule has 1 atom stereocenters. The lowest BCUT2D eigenvalue weighted by molar-refractivity contribution is -0.384. The molecule has 158 valence electrons. The van der Waals surface area contributed by atoms with Crippen molar-refractivity contribution in [3.05, 3.63) is 92.9 Å². The van der Waals surface area contributed by atoms with E-state index in [2.05, 4.69) is 26.6 Å². The number of non-ortho nitro benzene ring substituents is 1. The maximum Gasteiger partial charge on any atom is 0.269 e. The second-order valence-corrected chi connectivity index (χ2v) is 8.78. The topological polar surface area (TPSA) is 101 Å². The Morgan fingerprint density at radius 3 is 2.39 bits per heavy atom. The van der Waals surface area contributed by atoms with Crippen LogP contribution in [0, 0.1) is 10.1 Å². The van der Waals surface area contributed by atoms with E-state index in [1.54, 1.807) is 25.1 Å². The van der Waals surface area contributed by atoms with Crippen molar-refractivity contribution in [1.82, 2.24) is 0 Å². The predicted molar refractivity (Wildman–Crippen MR) is 126 cm³/mol. The van der Waals surface area contributed by atoms with Crippen LogP contribution in [0.2, 0.25) is 0 Å². The number of carbonyl (C=O) groups is 2. The Labute approximate surface area is 191 Å². The molecule has 7 nitrogen and oxygen atoms in total. The summed E-state index contributed by atoms with van der Waals surface area (Å²) in [6.45, 7) is 1.80. The molecule has 0 saturated heterocycles. The van der Waals surface area contributed by atoms with E-state index in [1.807, 2.05) is 30.3 Å². The number of carbonyl (C=O) groups excluding carboxylic acids is 2. The number of para-hydroxylation sites is 1. The molecule has 0 aromatic heterocycles. The van der Waals surface area contributed by atoms with Crippen LogP contribution in [0.1, 0.15) is 17.3 Å². The first-order chi connectivity index (χ1) is 14.8. The van der Waals surface area contributed by atoms with Gasteiger partial charge in [-0.2, -0.15) is 0 Å². The molecule has 0 aliphatic heterocycles. The van der Waals surface area contributed by atoms with Gasteiger partial charge in [-0.25, -0.2) is 0 Å². The Hall–Kier alpha value is -3.17. The summed E-state index contributed by atoms with van der Waals surface area (Å²) >= 11 is 4.77. The monoisotopic (exact) mass is 499 g/mol. The van der Waals surface area contributed by atoms with E-state index >= 15 is 0 Å². The molecule has 0 spiro atoms. The summed E-state index contributed by atoms with van der Waals surface area (Å²) in [6, 6.07) is 19.9. The molecule has 3 aromatic rings. The number of nitro benzene ring substituents is 1. The Balaban J connectivity index is 1.63. The van der Waals surface area contributed by atoms with E-state index in [-0.39, 0.29) is 22.8 Å². The van der Waals surface area contributed by atoms with Crippen molar-refractivity contribution in [3.63, 3.8) is 0 Å². The van der Waals surface area contributed by atoms with Gasteiger partial charge >= 0.3 is 0 Å². The summed E-state index contributed by atoms with van der Waals surface area (Å²) in [4.78, 5) is 36.0. The summed E-state index contributed by atoms with van der Waals surface area (Å²) in [5.41, 5.74) is 1.49. The van der Waals surface area contributed by atoms with Crippen molar-refractivity contribution in [2.75, 3.05) is 10.6 Å². The van der Waals surface area contributed by atoms with E-state index in [4.69, 9.17) is 0 Å². The molecule has 2 amide bonds. The van der Waals surface area contributed by atoms with Crippen molar-refractivity contribution in [1.29, 1.82) is 0 Å². The zero-order valence-electron chi connectivity index (χ0n) is 16.4. The van der Waals surface area contributed by atoms with Crippen LogP contribution < -0.4 is 10.6 Å². The number of halogens is 1. The highest BCUT2D eigenvalue weighted by molar-refractivity contribution is 9.10. The lowest BCUT2D eigenvalue weighted by Crippen LogP contribution is -2.22. The quantitative estimate of drug-likeness (QED) is 0.245. The molecule has 1 unspecified atom stereocenters. The Kier molecular flexibility index (Phi) is 7.43. The van der Waals surface area contributed by atoms with Crippen molar-refractivity contribution in [3.8, 4) is 0 Å². The highest BCUT2D eigenvalue weighted by atomic mass is 79.9. The van der Waals surface area contributed by atoms with Gasteiger partial charge in [0.1, 0.15) is 0 Å². The fourth-order valence-electron chi connectivity index (χ4n) is 2.64. The van der Waals surface area contributed by atoms with Crippen LogP contribution in [0.3, 0.4) is 0 Å². The Morgan fingerprint density at radius 2 is 1.71 bits per heavy atom. The standard InChI is InChI=1S/C22H18BrN3O4S/c1-14(21(27)25-20-8-3-2-7-19(20)23)31-18-6-4-5-16(13-18)24-22(28)15-9-11-17(12-10-15)26(29)30/h2-14H,1H3,(H,24,28)(H,25,27). The SMILES string of the molecule is CC(Sc1cccc(NC(=O)c2ccc([N+](=O)[O-])cc2)c1)C(=O)Nc1ccccc1Br. The van der Waals surface area contributed by atoms with E-state index in [1.165, 1.54) is 36.0 Å². The van der Waals surface area contributed by atoms with Gasteiger partial charge in [-0.1, -0.05) is 18.2 Å². The number of hydrogen-bond donors (Lipinski definition) is 2. The number of nitro groups is 1. The van der Waals surface area contributed by atoms with Gasteiger partial charge in [-0.05, 0) is 65.3 Å². The largest absolute Gasteiger partial charge is 0.324 e. The molecule has 3 rings (SSSR count). The number of nitrogens with zero attached hydrogens (tertiary/aromatic N) is 1. The van der Waals surface area contributed by atoms with E-state index in [0.717, 1.165) is 9.37 Å². The van der Waals surface area contributed by atoms with Crippen LogP contribution in [0.15, 0.2) is 82.2 Å². The van der Waals surface area contributed by atoms with Crippen molar-refractivity contribution >= 4 is 56.6 Å². The first-order valence-electron chi connectivity index (χ1n) is 9.21. The van der Waals surface area contributed by atoms with Crippen LogP contribution >= 0.6 is 27.7 Å². The maximum absolute atomic E-state index is 12.5. The summed E-state index contributed by atoms with van der Waals surface area (Å²) < 4.78 is 0.802. The van der Waals surface area contributed by atoms with E-state index < -0.39 is 4.92 Å². The van der Waals surface area contributed by atoms with Gasteiger partial charge in [0, 0.05) is 32.8 Å². The van der Waals surface area contributed by atoms with Crippen molar-refractivity contribution < 1.29 is 14.5 Å². The Bertz CT molecular complexity index is 1120. The summed E-state index contributed by atoms with van der Waals surface area (Å²) in [6.07, 6.45) is 0. The van der Waals surface area contributed by atoms with Crippen LogP contribution in [0.25, 0.3) is 0 Å². The van der Waals surface area contributed by atoms with Crippen LogP contribution in [-0.2, 0) is 4.79 Å². The van der Waals surface area contributed by atoms with Crippen LogP contribution in [0.5, 0.6) is 0 Å². The van der Waals surface area contributed by atoms with Gasteiger partial charge in [-0.3, -0.25) is 19.7 Å². The minimum atomic E-state index is -0.518. The molecule has 9 heteroatoms. The summed E-state index contributed by atoms with van der Waals surface area (Å²) in [5.74, 6) is -0.519. The minimum absolute atomic E-state index is 0.0789. The van der Waals surface area contributed by atoms with Gasteiger partial charge in [0.25, 0.3) is 11.6 Å². The molecule has 0 radical (unpaired) electrons. The van der Waals surface area contributed by atoms with Gasteiger partial charge in [0.15, 0.2) is 0 Å². The average Bonchev–Trinajstić information content (AvgIpc) is 2.75. The second kappa shape index (κ2) is 10.2. The minimum Gasteiger partial charge on any atom is -0.324 e. The first kappa shape index (κ1) is 22.5. The third-order valence-electron chi connectivity index (χ3n) is 4.25. The van der Waals surface area contributed by atoms with Crippen molar-refractivity contribution in [2.24, 2.45) is 0 Å². The molecule has 0 aliphatic carbocycles. The van der Waals surface area contributed by atoms with Gasteiger partial charge < -0.3 is 10.6 Å². The lowest BCUT2D eigenvalue weighted by Gasteiger charge is -2.14. The Morgan fingerprint density at radius 1 is 1.00 bits per heavy atom. The smallest absolute Gasteiger partial charge is 0.269 e. The molecule has 0 fully saturated rings. The van der Waals surface area contributed by atoms with Gasteiger partial charge in [0.05, 0.1) is 15.9 Å². The normalized spacial score (nSPS) is 11.4. The fourth-order valence-corrected chi connectivity index (χ4v) is 3.95. The highest BCUT2D eigenvalue weighted by Crippen LogP contribution is 2.28. The number of amides is 2. The number of thioether (sulfide) groups is 1. The summed E-state index contributed by atoms with van der Waals surface area (Å²) in [5, 5.41) is 16.0.